The van der Waals surface area contributed by atoms with E-state index in [0.717, 1.165) is 11.4 Å². The molecular weight excluding hydrogens is 230 g/mol. The number of nitrogens with two attached hydrogens (primary N) is 1. The largest absolute Gasteiger partial charge is 0.327 e. The number of hydrogen-bond donors (Lipinski definition) is 1. The molecule has 1 nitrogen and oxygen atoms in total. The van der Waals surface area contributed by atoms with E-state index >= 15 is 0 Å². The molecule has 0 radical (unpaired) electrons. The molecule has 0 spiro atoms. The molecule has 0 saturated carbocycles. The number of benzene rings is 1. The highest BCUT2D eigenvalue weighted by molar-refractivity contribution is 6.30. The van der Waals surface area contributed by atoms with Gasteiger partial charge in [0, 0.05) is 11.1 Å². The van der Waals surface area contributed by atoms with Crippen LogP contribution in [-0.2, 0) is 6.42 Å². The Balaban J connectivity index is 2.59. The molecule has 0 amide bonds. The van der Waals surface area contributed by atoms with Crippen molar-refractivity contribution in [3.63, 3.8) is 0 Å². The first-order chi connectivity index (χ1) is 8.17. The van der Waals surface area contributed by atoms with Gasteiger partial charge in [0.1, 0.15) is 0 Å². The predicted molar refractivity (Wildman–Crippen MR) is 76.4 cm³/mol. The highest BCUT2D eigenvalue weighted by Gasteiger charge is 2.16. The minimum absolute atomic E-state index is 0.258. The zero-order chi connectivity index (χ0) is 12.7. The van der Waals surface area contributed by atoms with Crippen molar-refractivity contribution in [3.8, 4) is 0 Å². The average molecular weight is 254 g/mol. The maximum atomic E-state index is 6.33. The van der Waals surface area contributed by atoms with Crippen LogP contribution in [0, 0.1) is 5.92 Å². The molecule has 0 bridgehead atoms. The molecule has 1 atom stereocenters. The minimum Gasteiger partial charge on any atom is -0.327 e. The van der Waals surface area contributed by atoms with Crippen LogP contribution in [0.3, 0.4) is 0 Å². The molecule has 2 N–H and O–H groups in total. The molecule has 0 aromatic heterocycles. The zero-order valence-corrected chi connectivity index (χ0v) is 11.7. The third-order valence-corrected chi connectivity index (χ3v) is 3.52. The van der Waals surface area contributed by atoms with Gasteiger partial charge >= 0.3 is 0 Å². The first kappa shape index (κ1) is 14.5. The van der Waals surface area contributed by atoms with E-state index < -0.39 is 0 Å². The average Bonchev–Trinajstić information content (AvgIpc) is 2.28. The van der Waals surface area contributed by atoms with Crippen molar-refractivity contribution in [1.29, 1.82) is 0 Å². The summed E-state index contributed by atoms with van der Waals surface area (Å²) >= 11 is 5.99. The molecule has 1 unspecified atom stereocenters. The fraction of sp³-hybridized carbons (Fsp3) is 0.600. The molecule has 2 heteroatoms. The van der Waals surface area contributed by atoms with Gasteiger partial charge in [0.25, 0.3) is 0 Å². The van der Waals surface area contributed by atoms with Gasteiger partial charge in [0.15, 0.2) is 0 Å². The lowest BCUT2D eigenvalue weighted by molar-refractivity contribution is 0.360. The second kappa shape index (κ2) is 7.73. The van der Waals surface area contributed by atoms with Crippen molar-refractivity contribution >= 4 is 11.6 Å². The second-order valence-corrected chi connectivity index (χ2v) is 5.27. The summed E-state index contributed by atoms with van der Waals surface area (Å²) in [6.45, 7) is 4.46. The molecule has 1 rings (SSSR count). The van der Waals surface area contributed by atoms with Gasteiger partial charge in [0.05, 0.1) is 0 Å². The van der Waals surface area contributed by atoms with Crippen molar-refractivity contribution in [2.75, 3.05) is 0 Å². The Morgan fingerprint density at radius 2 is 1.82 bits per heavy atom. The summed E-state index contributed by atoms with van der Waals surface area (Å²) in [5.74, 6) is 0.643. The van der Waals surface area contributed by atoms with Crippen LogP contribution >= 0.6 is 11.6 Å². The fourth-order valence-corrected chi connectivity index (χ4v) is 2.63. The van der Waals surface area contributed by atoms with E-state index in [2.05, 4.69) is 19.9 Å². The van der Waals surface area contributed by atoms with E-state index in [-0.39, 0.29) is 6.04 Å². The smallest absolute Gasteiger partial charge is 0.0408 e. The van der Waals surface area contributed by atoms with Crippen LogP contribution in [0.5, 0.6) is 0 Å². The molecule has 0 saturated heterocycles. The second-order valence-electron chi connectivity index (χ2n) is 4.84. The van der Waals surface area contributed by atoms with Crippen LogP contribution in [-0.4, -0.2) is 6.04 Å². The van der Waals surface area contributed by atoms with Gasteiger partial charge in [-0.3, -0.25) is 0 Å². The Morgan fingerprint density at radius 1 is 1.18 bits per heavy atom. The third-order valence-electron chi connectivity index (χ3n) is 3.28. The molecule has 0 heterocycles. The Kier molecular flexibility index (Phi) is 6.61. The van der Waals surface area contributed by atoms with Crippen molar-refractivity contribution in [3.05, 3.63) is 34.9 Å². The Labute approximate surface area is 110 Å². The van der Waals surface area contributed by atoms with Gasteiger partial charge in [-0.25, -0.2) is 0 Å². The number of halogens is 1. The van der Waals surface area contributed by atoms with Crippen LogP contribution in [0.25, 0.3) is 0 Å². The molecule has 1 aromatic carbocycles. The van der Waals surface area contributed by atoms with Crippen LogP contribution in [0.1, 0.15) is 45.1 Å². The van der Waals surface area contributed by atoms with Crippen LogP contribution in [0.2, 0.25) is 5.02 Å². The quantitative estimate of drug-likeness (QED) is 0.765. The van der Waals surface area contributed by atoms with Gasteiger partial charge in [-0.2, -0.15) is 0 Å². The van der Waals surface area contributed by atoms with Crippen LogP contribution in [0.4, 0.5) is 0 Å². The van der Waals surface area contributed by atoms with Gasteiger partial charge < -0.3 is 5.73 Å². The van der Waals surface area contributed by atoms with E-state index in [4.69, 9.17) is 17.3 Å². The van der Waals surface area contributed by atoms with Crippen molar-refractivity contribution in [2.45, 2.75) is 52.0 Å². The van der Waals surface area contributed by atoms with E-state index in [1.54, 1.807) is 0 Å². The fourth-order valence-electron chi connectivity index (χ4n) is 2.42. The van der Waals surface area contributed by atoms with Gasteiger partial charge in [0.2, 0.25) is 0 Å². The Hall–Kier alpha value is -0.530. The molecule has 17 heavy (non-hydrogen) atoms. The van der Waals surface area contributed by atoms with Gasteiger partial charge in [-0.15, -0.1) is 0 Å². The predicted octanol–water partition coefficient (Wildman–Crippen LogP) is 4.43. The lowest BCUT2D eigenvalue weighted by atomic mass is 9.87. The summed E-state index contributed by atoms with van der Waals surface area (Å²) in [7, 11) is 0. The molecule has 1 aromatic rings. The first-order valence-electron chi connectivity index (χ1n) is 6.67. The summed E-state index contributed by atoms with van der Waals surface area (Å²) in [5.41, 5.74) is 7.58. The maximum absolute atomic E-state index is 6.33. The van der Waals surface area contributed by atoms with E-state index in [0.29, 0.717) is 5.92 Å². The van der Waals surface area contributed by atoms with Crippen molar-refractivity contribution < 1.29 is 0 Å². The minimum atomic E-state index is 0.258. The first-order valence-corrected chi connectivity index (χ1v) is 7.05. The zero-order valence-electron chi connectivity index (χ0n) is 11.0. The maximum Gasteiger partial charge on any atom is 0.0408 e. The number of hydrogen-bond acceptors (Lipinski definition) is 1. The van der Waals surface area contributed by atoms with Crippen LogP contribution in [0.15, 0.2) is 24.3 Å². The lowest BCUT2D eigenvalue weighted by Gasteiger charge is -2.23. The summed E-state index contributed by atoms with van der Waals surface area (Å²) in [4.78, 5) is 0. The molecule has 0 aliphatic carbocycles. The normalized spacial score (nSPS) is 13.0. The number of rotatable bonds is 7. The van der Waals surface area contributed by atoms with Crippen molar-refractivity contribution in [2.24, 2.45) is 11.7 Å². The summed E-state index contributed by atoms with van der Waals surface area (Å²) < 4.78 is 0. The SMILES string of the molecule is CCCC(CCC)C(N)Cc1cccc(Cl)c1. The lowest BCUT2D eigenvalue weighted by Crippen LogP contribution is -2.32. The topological polar surface area (TPSA) is 26.0 Å². The van der Waals surface area contributed by atoms with Gasteiger partial charge in [-0.1, -0.05) is 50.4 Å². The highest BCUT2D eigenvalue weighted by atomic mass is 35.5. The summed E-state index contributed by atoms with van der Waals surface area (Å²) in [6, 6.07) is 8.30. The molecule has 0 fully saturated rings. The van der Waals surface area contributed by atoms with Gasteiger partial charge in [-0.05, 0) is 42.9 Å². The third kappa shape index (κ3) is 5.10. The van der Waals surface area contributed by atoms with E-state index in [1.807, 2.05) is 18.2 Å². The molecule has 0 aliphatic rings. The van der Waals surface area contributed by atoms with E-state index in [1.165, 1.54) is 31.2 Å². The van der Waals surface area contributed by atoms with Crippen LogP contribution < -0.4 is 5.73 Å². The summed E-state index contributed by atoms with van der Waals surface area (Å²) in [6.07, 6.45) is 5.83. The Morgan fingerprint density at radius 3 is 2.35 bits per heavy atom. The summed E-state index contributed by atoms with van der Waals surface area (Å²) in [5, 5.41) is 0.803. The van der Waals surface area contributed by atoms with Crippen molar-refractivity contribution in [1.82, 2.24) is 0 Å². The molecule has 0 aliphatic heterocycles. The monoisotopic (exact) mass is 253 g/mol. The van der Waals surface area contributed by atoms with E-state index in [9.17, 15) is 0 Å². The molecular formula is C15H24ClN. The standard InChI is InChI=1S/C15H24ClN/c1-3-6-13(7-4-2)15(17)11-12-8-5-9-14(16)10-12/h5,8-10,13,15H,3-4,6-7,11,17H2,1-2H3. The highest BCUT2D eigenvalue weighted by Crippen LogP contribution is 2.20. The molecule has 96 valence electrons. The Bertz CT molecular complexity index is 318.